The highest BCUT2D eigenvalue weighted by Gasteiger charge is 2.11. The van der Waals surface area contributed by atoms with Crippen molar-refractivity contribution in [1.29, 1.82) is 0 Å². The smallest absolute Gasteiger partial charge is 0.267 e. The number of nitrogens with zero attached hydrogens (tertiary/aromatic N) is 1. The van der Waals surface area contributed by atoms with Gasteiger partial charge in [0.2, 0.25) is 0 Å². The summed E-state index contributed by atoms with van der Waals surface area (Å²) in [7, 11) is 0. The third kappa shape index (κ3) is 2.12. The Kier molecular flexibility index (Phi) is 3.01. The molecule has 0 bridgehead atoms. The molecule has 0 aliphatic rings. The van der Waals surface area contributed by atoms with E-state index < -0.39 is 0 Å². The number of hydrogen-bond acceptors (Lipinski definition) is 3. The number of pyridine rings is 1. The SMILES string of the molecule is Cc1cccnc1NC(=O)c1sccc1C. The van der Waals surface area contributed by atoms with Gasteiger partial charge in [0.15, 0.2) is 0 Å². The van der Waals surface area contributed by atoms with E-state index in [2.05, 4.69) is 10.3 Å². The van der Waals surface area contributed by atoms with Gasteiger partial charge in [-0.1, -0.05) is 6.07 Å². The average molecular weight is 232 g/mol. The standard InChI is InChI=1S/C12H12N2OS/c1-8-5-7-16-10(8)12(15)14-11-9(2)4-3-6-13-11/h3-7H,1-2H3,(H,13,14,15). The average Bonchev–Trinajstić information content (AvgIpc) is 2.68. The van der Waals surface area contributed by atoms with Crippen LogP contribution >= 0.6 is 11.3 Å². The zero-order valence-corrected chi connectivity index (χ0v) is 9.97. The van der Waals surface area contributed by atoms with Crippen molar-refractivity contribution in [1.82, 2.24) is 4.98 Å². The second-order valence-electron chi connectivity index (χ2n) is 3.56. The van der Waals surface area contributed by atoms with Crippen LogP contribution in [0.15, 0.2) is 29.8 Å². The van der Waals surface area contributed by atoms with E-state index in [1.165, 1.54) is 11.3 Å². The van der Waals surface area contributed by atoms with Crippen molar-refractivity contribution in [3.05, 3.63) is 45.8 Å². The molecule has 2 rings (SSSR count). The second-order valence-corrected chi connectivity index (χ2v) is 4.47. The molecule has 0 radical (unpaired) electrons. The first-order valence-corrected chi connectivity index (χ1v) is 5.83. The Morgan fingerprint density at radius 3 is 2.75 bits per heavy atom. The molecule has 16 heavy (non-hydrogen) atoms. The van der Waals surface area contributed by atoms with Crippen molar-refractivity contribution in [3.8, 4) is 0 Å². The minimum atomic E-state index is -0.0886. The van der Waals surface area contributed by atoms with Gasteiger partial charge in [0.1, 0.15) is 5.82 Å². The fraction of sp³-hybridized carbons (Fsp3) is 0.167. The number of thiophene rings is 1. The number of nitrogens with one attached hydrogen (secondary N) is 1. The summed E-state index contributed by atoms with van der Waals surface area (Å²) in [6, 6.07) is 5.70. The van der Waals surface area contributed by atoms with E-state index in [0.29, 0.717) is 5.82 Å². The normalized spacial score (nSPS) is 10.1. The molecular formula is C12H12N2OS. The first-order valence-electron chi connectivity index (χ1n) is 4.95. The number of amides is 1. The first kappa shape index (κ1) is 10.8. The van der Waals surface area contributed by atoms with Gasteiger partial charge >= 0.3 is 0 Å². The quantitative estimate of drug-likeness (QED) is 0.864. The molecule has 0 atom stereocenters. The number of aryl methyl sites for hydroxylation is 2. The fourth-order valence-corrected chi connectivity index (χ4v) is 2.21. The van der Waals surface area contributed by atoms with Crippen molar-refractivity contribution in [3.63, 3.8) is 0 Å². The van der Waals surface area contributed by atoms with Crippen LogP contribution < -0.4 is 5.32 Å². The van der Waals surface area contributed by atoms with Crippen LogP contribution in [0.1, 0.15) is 20.8 Å². The maximum atomic E-state index is 11.9. The van der Waals surface area contributed by atoms with Gasteiger partial charge in [0.05, 0.1) is 4.88 Å². The van der Waals surface area contributed by atoms with E-state index in [0.717, 1.165) is 16.0 Å². The summed E-state index contributed by atoms with van der Waals surface area (Å²) < 4.78 is 0. The van der Waals surface area contributed by atoms with Crippen LogP contribution in [0.25, 0.3) is 0 Å². The molecule has 0 unspecified atom stereocenters. The molecule has 2 heterocycles. The first-order chi connectivity index (χ1) is 7.68. The molecule has 0 aromatic carbocycles. The molecule has 0 aliphatic carbocycles. The van der Waals surface area contributed by atoms with Crippen LogP contribution in [-0.4, -0.2) is 10.9 Å². The van der Waals surface area contributed by atoms with Crippen LogP contribution in [0.4, 0.5) is 5.82 Å². The Hall–Kier alpha value is -1.68. The summed E-state index contributed by atoms with van der Waals surface area (Å²) in [6.07, 6.45) is 1.67. The number of carbonyl (C=O) groups excluding carboxylic acids is 1. The number of carbonyl (C=O) groups is 1. The van der Waals surface area contributed by atoms with Crippen molar-refractivity contribution in [2.45, 2.75) is 13.8 Å². The molecule has 3 nitrogen and oxygen atoms in total. The Balaban J connectivity index is 2.21. The van der Waals surface area contributed by atoms with Crippen LogP contribution in [0.3, 0.4) is 0 Å². The highest BCUT2D eigenvalue weighted by Crippen LogP contribution is 2.18. The molecule has 0 saturated heterocycles. The minimum Gasteiger partial charge on any atom is -0.306 e. The highest BCUT2D eigenvalue weighted by molar-refractivity contribution is 7.12. The Labute approximate surface area is 98.2 Å². The van der Waals surface area contributed by atoms with E-state index in [-0.39, 0.29) is 5.91 Å². The van der Waals surface area contributed by atoms with E-state index >= 15 is 0 Å². The second kappa shape index (κ2) is 4.45. The van der Waals surface area contributed by atoms with Crippen LogP contribution in [-0.2, 0) is 0 Å². The van der Waals surface area contributed by atoms with Gasteiger partial charge in [-0.3, -0.25) is 4.79 Å². The summed E-state index contributed by atoms with van der Waals surface area (Å²) >= 11 is 1.44. The predicted molar refractivity (Wildman–Crippen MR) is 66.0 cm³/mol. The van der Waals surface area contributed by atoms with Crippen molar-refractivity contribution in [2.24, 2.45) is 0 Å². The number of hydrogen-bond donors (Lipinski definition) is 1. The highest BCUT2D eigenvalue weighted by atomic mass is 32.1. The molecule has 2 aromatic heterocycles. The Bertz CT molecular complexity index is 519. The maximum Gasteiger partial charge on any atom is 0.267 e. The van der Waals surface area contributed by atoms with Crippen molar-refractivity contribution >= 4 is 23.1 Å². The summed E-state index contributed by atoms with van der Waals surface area (Å²) in [4.78, 5) is 16.8. The topological polar surface area (TPSA) is 42.0 Å². The van der Waals surface area contributed by atoms with Crippen molar-refractivity contribution < 1.29 is 4.79 Å². The molecule has 0 saturated carbocycles. The van der Waals surface area contributed by atoms with Gasteiger partial charge in [-0.05, 0) is 42.5 Å². The minimum absolute atomic E-state index is 0.0886. The summed E-state index contributed by atoms with van der Waals surface area (Å²) in [5.41, 5.74) is 1.96. The van der Waals surface area contributed by atoms with Gasteiger partial charge in [0, 0.05) is 6.20 Å². The molecule has 82 valence electrons. The summed E-state index contributed by atoms with van der Waals surface area (Å²) in [6.45, 7) is 3.85. The zero-order valence-electron chi connectivity index (χ0n) is 9.15. The molecular weight excluding hydrogens is 220 g/mol. The Morgan fingerprint density at radius 2 is 2.12 bits per heavy atom. The summed E-state index contributed by atoms with van der Waals surface area (Å²) in [5.74, 6) is 0.537. The number of aromatic nitrogens is 1. The molecule has 4 heteroatoms. The molecule has 1 N–H and O–H groups in total. The van der Waals surface area contributed by atoms with Gasteiger partial charge in [-0.2, -0.15) is 0 Å². The molecule has 1 amide bonds. The van der Waals surface area contributed by atoms with Crippen molar-refractivity contribution in [2.75, 3.05) is 5.32 Å². The van der Waals surface area contributed by atoms with Gasteiger partial charge < -0.3 is 5.32 Å². The predicted octanol–water partition coefficient (Wildman–Crippen LogP) is 3.01. The van der Waals surface area contributed by atoms with Gasteiger partial charge in [-0.25, -0.2) is 4.98 Å². The lowest BCUT2D eigenvalue weighted by molar-refractivity contribution is 0.102. The third-order valence-corrected chi connectivity index (χ3v) is 3.32. The Morgan fingerprint density at radius 1 is 1.31 bits per heavy atom. The zero-order chi connectivity index (χ0) is 11.5. The third-order valence-electron chi connectivity index (χ3n) is 2.31. The van der Waals surface area contributed by atoms with E-state index in [1.807, 2.05) is 37.4 Å². The fourth-order valence-electron chi connectivity index (χ4n) is 1.39. The largest absolute Gasteiger partial charge is 0.306 e. The summed E-state index contributed by atoms with van der Waals surface area (Å²) in [5, 5.41) is 4.73. The van der Waals surface area contributed by atoms with Crippen LogP contribution in [0.5, 0.6) is 0 Å². The number of rotatable bonds is 2. The lowest BCUT2D eigenvalue weighted by Gasteiger charge is -2.05. The number of anilines is 1. The van der Waals surface area contributed by atoms with Gasteiger partial charge in [0.25, 0.3) is 5.91 Å². The molecule has 0 aliphatic heterocycles. The van der Waals surface area contributed by atoms with Crippen LogP contribution in [0.2, 0.25) is 0 Å². The van der Waals surface area contributed by atoms with E-state index in [4.69, 9.17) is 0 Å². The lowest BCUT2D eigenvalue weighted by atomic mass is 10.2. The van der Waals surface area contributed by atoms with E-state index in [9.17, 15) is 4.79 Å². The van der Waals surface area contributed by atoms with Gasteiger partial charge in [-0.15, -0.1) is 11.3 Å². The van der Waals surface area contributed by atoms with Crippen LogP contribution in [0, 0.1) is 13.8 Å². The molecule has 0 spiro atoms. The maximum absolute atomic E-state index is 11.9. The monoisotopic (exact) mass is 232 g/mol. The van der Waals surface area contributed by atoms with E-state index in [1.54, 1.807) is 6.20 Å². The lowest BCUT2D eigenvalue weighted by Crippen LogP contribution is -2.13. The molecule has 2 aromatic rings. The molecule has 0 fully saturated rings.